The Morgan fingerprint density at radius 3 is 2.56 bits per heavy atom. The summed E-state index contributed by atoms with van der Waals surface area (Å²) < 4.78 is 0. The maximum Gasteiger partial charge on any atom is 0.373 e. The van der Waals surface area contributed by atoms with Crippen LogP contribution in [0, 0.1) is 0 Å². The summed E-state index contributed by atoms with van der Waals surface area (Å²) in [5.74, 6) is -0.512. The van der Waals surface area contributed by atoms with Gasteiger partial charge in [0, 0.05) is 6.42 Å². The fraction of sp³-hybridized carbons (Fsp3) is 0.500. The van der Waals surface area contributed by atoms with Gasteiger partial charge in [0.25, 0.3) is 0 Å². The largest absolute Gasteiger partial charge is 0.393 e. The van der Waals surface area contributed by atoms with Crippen LogP contribution in [-0.2, 0) is 9.78 Å². The second-order valence-corrected chi connectivity index (χ2v) is 4.33. The van der Waals surface area contributed by atoms with Crippen molar-refractivity contribution in [1.82, 2.24) is 0 Å². The van der Waals surface area contributed by atoms with E-state index in [1.807, 2.05) is 13.0 Å². The average molecular weight is 252 g/mol. The number of carbonyl (C=O) groups is 1. The van der Waals surface area contributed by atoms with Crippen LogP contribution in [0.4, 0.5) is 0 Å². The second-order valence-electron chi connectivity index (χ2n) is 4.33. The van der Waals surface area contributed by atoms with Gasteiger partial charge in [-0.15, -0.1) is 0 Å². The molecule has 0 aromatic heterocycles. The smallest absolute Gasteiger partial charge is 0.373 e. The molecule has 1 aromatic carbocycles. The predicted molar refractivity (Wildman–Crippen MR) is 67.9 cm³/mol. The summed E-state index contributed by atoms with van der Waals surface area (Å²) in [5, 5.41) is 9.31. The van der Waals surface area contributed by atoms with Crippen molar-refractivity contribution in [2.45, 2.75) is 45.3 Å². The molecule has 0 aliphatic carbocycles. The van der Waals surface area contributed by atoms with E-state index in [4.69, 9.17) is 9.78 Å². The van der Waals surface area contributed by atoms with Gasteiger partial charge in [-0.3, -0.25) is 4.89 Å². The van der Waals surface area contributed by atoms with E-state index in [1.165, 1.54) is 0 Å². The van der Waals surface area contributed by atoms with Crippen molar-refractivity contribution in [2.75, 3.05) is 0 Å². The van der Waals surface area contributed by atoms with Gasteiger partial charge in [-0.2, -0.15) is 4.89 Å². The number of carbonyl (C=O) groups excluding carboxylic acids is 1. The van der Waals surface area contributed by atoms with Gasteiger partial charge in [0.05, 0.1) is 11.7 Å². The number of aliphatic hydroxyl groups excluding tert-OH is 1. The van der Waals surface area contributed by atoms with Crippen LogP contribution < -0.4 is 0 Å². The van der Waals surface area contributed by atoms with Gasteiger partial charge in [0.2, 0.25) is 0 Å². The van der Waals surface area contributed by atoms with Crippen LogP contribution in [0.3, 0.4) is 0 Å². The standard InChI is InChI=1S/C14H20O4/c1-3-7-13(10-11(2)15)17-18-14(16)12-8-5-4-6-9-12/h4-6,8-9,11,13,15H,3,7,10H2,1-2H3. The Hall–Kier alpha value is -1.39. The minimum atomic E-state index is -0.512. The highest BCUT2D eigenvalue weighted by molar-refractivity contribution is 5.88. The lowest BCUT2D eigenvalue weighted by Gasteiger charge is -2.16. The van der Waals surface area contributed by atoms with Crippen molar-refractivity contribution >= 4 is 5.97 Å². The molecule has 18 heavy (non-hydrogen) atoms. The molecule has 4 nitrogen and oxygen atoms in total. The molecule has 100 valence electrons. The molecule has 2 unspecified atom stereocenters. The Morgan fingerprint density at radius 2 is 2.00 bits per heavy atom. The van der Waals surface area contributed by atoms with Crippen LogP contribution in [0.1, 0.15) is 43.5 Å². The molecule has 0 bridgehead atoms. The molecule has 0 aliphatic heterocycles. The highest BCUT2D eigenvalue weighted by Crippen LogP contribution is 2.11. The van der Waals surface area contributed by atoms with Crippen LogP contribution in [0.15, 0.2) is 30.3 Å². The number of aliphatic hydroxyl groups is 1. The quantitative estimate of drug-likeness (QED) is 0.599. The van der Waals surface area contributed by atoms with Crippen molar-refractivity contribution in [3.63, 3.8) is 0 Å². The second kappa shape index (κ2) is 7.84. The molecule has 1 aromatic rings. The SMILES string of the molecule is CCCC(CC(C)O)OOC(=O)c1ccccc1. The average Bonchev–Trinajstić information content (AvgIpc) is 2.36. The van der Waals surface area contributed by atoms with E-state index in [1.54, 1.807) is 31.2 Å². The van der Waals surface area contributed by atoms with Crippen molar-refractivity contribution in [3.05, 3.63) is 35.9 Å². The molecule has 0 saturated carbocycles. The van der Waals surface area contributed by atoms with Crippen LogP contribution in [0.5, 0.6) is 0 Å². The molecular weight excluding hydrogens is 232 g/mol. The van der Waals surface area contributed by atoms with Gasteiger partial charge in [-0.25, -0.2) is 4.79 Å². The molecule has 0 amide bonds. The molecule has 0 saturated heterocycles. The summed E-state index contributed by atoms with van der Waals surface area (Å²) in [6.07, 6.45) is 1.36. The third-order valence-electron chi connectivity index (χ3n) is 2.48. The van der Waals surface area contributed by atoms with E-state index in [2.05, 4.69) is 0 Å². The Bertz CT molecular complexity index is 348. The first kappa shape index (κ1) is 14.7. The molecule has 1 N–H and O–H groups in total. The molecule has 1 rings (SSSR count). The maximum atomic E-state index is 11.6. The van der Waals surface area contributed by atoms with Gasteiger partial charge >= 0.3 is 5.97 Å². The first-order chi connectivity index (χ1) is 8.63. The van der Waals surface area contributed by atoms with Gasteiger partial charge in [-0.05, 0) is 25.5 Å². The maximum absolute atomic E-state index is 11.6. The van der Waals surface area contributed by atoms with Gasteiger partial charge in [-0.1, -0.05) is 31.5 Å². The lowest BCUT2D eigenvalue weighted by molar-refractivity contribution is -0.279. The number of benzene rings is 1. The summed E-state index contributed by atoms with van der Waals surface area (Å²) in [7, 11) is 0. The summed E-state index contributed by atoms with van der Waals surface area (Å²) in [4.78, 5) is 21.5. The Balaban J connectivity index is 2.44. The molecule has 4 heteroatoms. The van der Waals surface area contributed by atoms with Crippen molar-refractivity contribution in [1.29, 1.82) is 0 Å². The van der Waals surface area contributed by atoms with Crippen LogP contribution in [-0.4, -0.2) is 23.3 Å². The van der Waals surface area contributed by atoms with Crippen LogP contribution >= 0.6 is 0 Å². The molecule has 0 aliphatic rings. The summed E-state index contributed by atoms with van der Waals surface area (Å²) in [5.41, 5.74) is 0.449. The first-order valence-electron chi connectivity index (χ1n) is 6.24. The van der Waals surface area contributed by atoms with E-state index in [0.29, 0.717) is 12.0 Å². The van der Waals surface area contributed by atoms with Crippen molar-refractivity contribution in [2.24, 2.45) is 0 Å². The Labute approximate surface area is 107 Å². The monoisotopic (exact) mass is 252 g/mol. The van der Waals surface area contributed by atoms with Crippen molar-refractivity contribution in [3.8, 4) is 0 Å². The molecule has 0 fully saturated rings. The number of hydrogen-bond donors (Lipinski definition) is 1. The van der Waals surface area contributed by atoms with E-state index >= 15 is 0 Å². The fourth-order valence-electron chi connectivity index (χ4n) is 1.64. The molecule has 0 heterocycles. The fourth-order valence-corrected chi connectivity index (χ4v) is 1.64. The zero-order chi connectivity index (χ0) is 13.4. The lowest BCUT2D eigenvalue weighted by Crippen LogP contribution is -2.21. The summed E-state index contributed by atoms with van der Waals surface area (Å²) >= 11 is 0. The zero-order valence-electron chi connectivity index (χ0n) is 10.8. The summed E-state index contributed by atoms with van der Waals surface area (Å²) in [6, 6.07) is 8.67. The highest BCUT2D eigenvalue weighted by Gasteiger charge is 2.16. The van der Waals surface area contributed by atoms with Crippen molar-refractivity contribution < 1.29 is 19.7 Å². The molecule has 0 spiro atoms. The predicted octanol–water partition coefficient (Wildman–Crippen LogP) is 2.71. The van der Waals surface area contributed by atoms with Crippen LogP contribution in [0.2, 0.25) is 0 Å². The van der Waals surface area contributed by atoms with E-state index in [-0.39, 0.29) is 6.10 Å². The van der Waals surface area contributed by atoms with Gasteiger partial charge in [0.1, 0.15) is 6.10 Å². The number of rotatable bonds is 7. The molecular formula is C14H20O4. The van der Waals surface area contributed by atoms with Gasteiger partial charge in [0.15, 0.2) is 0 Å². The van der Waals surface area contributed by atoms with E-state index in [0.717, 1.165) is 12.8 Å². The minimum absolute atomic E-state index is 0.261. The normalized spacial score (nSPS) is 13.9. The van der Waals surface area contributed by atoms with Gasteiger partial charge < -0.3 is 5.11 Å². The lowest BCUT2D eigenvalue weighted by atomic mass is 10.1. The molecule has 2 atom stereocenters. The first-order valence-corrected chi connectivity index (χ1v) is 6.24. The Morgan fingerprint density at radius 1 is 1.33 bits per heavy atom. The topological polar surface area (TPSA) is 55.8 Å². The van der Waals surface area contributed by atoms with E-state index in [9.17, 15) is 9.90 Å². The van der Waals surface area contributed by atoms with E-state index < -0.39 is 12.1 Å². The third-order valence-corrected chi connectivity index (χ3v) is 2.48. The highest BCUT2D eigenvalue weighted by atomic mass is 17.2. The third kappa shape index (κ3) is 5.29. The zero-order valence-corrected chi connectivity index (χ0v) is 10.8. The Kier molecular flexibility index (Phi) is 6.39. The summed E-state index contributed by atoms with van der Waals surface area (Å²) in [6.45, 7) is 3.70. The number of hydrogen-bond acceptors (Lipinski definition) is 4. The molecule has 0 radical (unpaired) electrons. The minimum Gasteiger partial charge on any atom is -0.393 e. The van der Waals surface area contributed by atoms with Crippen LogP contribution in [0.25, 0.3) is 0 Å².